The van der Waals surface area contributed by atoms with Crippen LogP contribution in [0.2, 0.25) is 0 Å². The molecule has 2 aromatic heterocycles. The number of esters is 1. The third-order valence-corrected chi connectivity index (χ3v) is 6.27. The largest absolute Gasteiger partial charge is 0.461 e. The highest BCUT2D eigenvalue weighted by Crippen LogP contribution is 2.27. The Morgan fingerprint density at radius 3 is 2.44 bits per heavy atom. The molecule has 1 atom stereocenters. The summed E-state index contributed by atoms with van der Waals surface area (Å²) in [6, 6.07) is 4.81. The zero-order valence-corrected chi connectivity index (χ0v) is 20.3. The van der Waals surface area contributed by atoms with Gasteiger partial charge in [-0.15, -0.1) is 0 Å². The molecule has 1 N–H and O–H groups in total. The average Bonchev–Trinajstić information content (AvgIpc) is 3.06. The second kappa shape index (κ2) is 9.24. The standard InChI is InChI=1S/C24H29N3O4S/c1-12(2)11-31-23(30)21-16(6)25-24(32-21)26-22(29)17(7)27-19(28)10-14(4)18-9-13(3)8-15(5)20(18)27/h8-10,12,17H,11H2,1-7H3,(H,25,26,29). The monoisotopic (exact) mass is 455 g/mol. The first kappa shape index (κ1) is 23.7. The van der Waals surface area contributed by atoms with Crippen molar-refractivity contribution in [2.75, 3.05) is 11.9 Å². The van der Waals surface area contributed by atoms with Crippen LogP contribution in [0.1, 0.15) is 58.9 Å². The number of ether oxygens (including phenoxy) is 1. The molecule has 32 heavy (non-hydrogen) atoms. The smallest absolute Gasteiger partial charge is 0.350 e. The number of thiazole rings is 1. The van der Waals surface area contributed by atoms with Gasteiger partial charge < -0.3 is 10.1 Å². The van der Waals surface area contributed by atoms with E-state index in [1.165, 1.54) is 4.57 Å². The molecule has 7 nitrogen and oxygen atoms in total. The average molecular weight is 456 g/mol. The van der Waals surface area contributed by atoms with Gasteiger partial charge in [0.1, 0.15) is 10.9 Å². The number of carbonyl (C=O) groups is 2. The number of amides is 1. The summed E-state index contributed by atoms with van der Waals surface area (Å²) in [5, 5.41) is 4.00. The summed E-state index contributed by atoms with van der Waals surface area (Å²) in [6.45, 7) is 13.5. The molecule has 0 saturated carbocycles. The van der Waals surface area contributed by atoms with Gasteiger partial charge in [0, 0.05) is 11.5 Å². The van der Waals surface area contributed by atoms with Gasteiger partial charge >= 0.3 is 5.97 Å². The van der Waals surface area contributed by atoms with Crippen molar-refractivity contribution in [1.29, 1.82) is 0 Å². The number of fused-ring (bicyclic) bond motifs is 1. The van der Waals surface area contributed by atoms with E-state index in [1.54, 1.807) is 19.9 Å². The second-order valence-electron chi connectivity index (χ2n) is 8.60. The Hall–Kier alpha value is -3.00. The Labute approximate surface area is 191 Å². The molecule has 2 heterocycles. The van der Waals surface area contributed by atoms with E-state index < -0.39 is 12.0 Å². The summed E-state index contributed by atoms with van der Waals surface area (Å²) >= 11 is 1.07. The van der Waals surface area contributed by atoms with Crippen molar-refractivity contribution in [2.45, 2.75) is 54.5 Å². The van der Waals surface area contributed by atoms with E-state index in [0.717, 1.165) is 38.9 Å². The number of nitrogens with one attached hydrogen (secondary N) is 1. The molecule has 3 rings (SSSR count). The lowest BCUT2D eigenvalue weighted by Crippen LogP contribution is -2.32. The van der Waals surface area contributed by atoms with E-state index in [0.29, 0.717) is 22.3 Å². The summed E-state index contributed by atoms with van der Waals surface area (Å²) in [7, 11) is 0. The minimum atomic E-state index is -0.771. The molecule has 0 fully saturated rings. The number of rotatable bonds is 6. The van der Waals surface area contributed by atoms with Crippen LogP contribution in [0, 0.1) is 33.6 Å². The molecular weight excluding hydrogens is 426 g/mol. The molecular formula is C24H29N3O4S. The summed E-state index contributed by atoms with van der Waals surface area (Å²) in [5.41, 5.74) is 3.91. The van der Waals surface area contributed by atoms with E-state index in [4.69, 9.17) is 4.74 Å². The summed E-state index contributed by atoms with van der Waals surface area (Å²) in [5.74, 6) is -0.607. The maximum atomic E-state index is 13.1. The molecule has 0 aliphatic rings. The topological polar surface area (TPSA) is 90.3 Å². The number of nitrogens with zero attached hydrogens (tertiary/aromatic N) is 2. The van der Waals surface area contributed by atoms with Crippen molar-refractivity contribution >= 4 is 39.2 Å². The van der Waals surface area contributed by atoms with Gasteiger partial charge in [-0.2, -0.15) is 0 Å². The van der Waals surface area contributed by atoms with Gasteiger partial charge in [-0.05, 0) is 57.7 Å². The predicted molar refractivity (Wildman–Crippen MR) is 128 cm³/mol. The first-order valence-corrected chi connectivity index (χ1v) is 11.4. The molecule has 1 amide bonds. The maximum absolute atomic E-state index is 13.1. The van der Waals surface area contributed by atoms with Crippen LogP contribution in [0.5, 0.6) is 0 Å². The molecule has 3 aromatic rings. The number of hydrogen-bond acceptors (Lipinski definition) is 6. The first-order valence-electron chi connectivity index (χ1n) is 10.6. The lowest BCUT2D eigenvalue weighted by atomic mass is 10.0. The predicted octanol–water partition coefficient (Wildman–Crippen LogP) is 4.70. The number of carbonyl (C=O) groups excluding carboxylic acids is 2. The summed E-state index contributed by atoms with van der Waals surface area (Å²) in [4.78, 5) is 42.9. The number of anilines is 1. The summed E-state index contributed by atoms with van der Waals surface area (Å²) in [6.07, 6.45) is 0. The molecule has 0 radical (unpaired) electrons. The highest BCUT2D eigenvalue weighted by Gasteiger charge is 2.23. The van der Waals surface area contributed by atoms with E-state index in [2.05, 4.69) is 10.3 Å². The lowest BCUT2D eigenvalue weighted by molar-refractivity contribution is -0.118. The molecule has 0 aliphatic heterocycles. The van der Waals surface area contributed by atoms with Crippen molar-refractivity contribution in [2.24, 2.45) is 5.92 Å². The Morgan fingerprint density at radius 2 is 1.78 bits per heavy atom. The van der Waals surface area contributed by atoms with Crippen LogP contribution < -0.4 is 10.9 Å². The Balaban J connectivity index is 1.91. The van der Waals surface area contributed by atoms with Crippen LogP contribution in [0.3, 0.4) is 0 Å². The zero-order chi connectivity index (χ0) is 23.7. The zero-order valence-electron chi connectivity index (χ0n) is 19.5. The fourth-order valence-electron chi connectivity index (χ4n) is 3.68. The number of hydrogen-bond donors (Lipinski definition) is 1. The molecule has 8 heteroatoms. The van der Waals surface area contributed by atoms with E-state index in [1.807, 2.05) is 46.8 Å². The van der Waals surface area contributed by atoms with Crippen LogP contribution in [-0.4, -0.2) is 28.0 Å². The number of aromatic nitrogens is 2. The fraction of sp³-hybridized carbons (Fsp3) is 0.417. The van der Waals surface area contributed by atoms with Gasteiger partial charge in [-0.1, -0.05) is 36.8 Å². The Bertz CT molecular complexity index is 1260. The van der Waals surface area contributed by atoms with Crippen molar-refractivity contribution in [3.63, 3.8) is 0 Å². The first-order chi connectivity index (χ1) is 15.0. The van der Waals surface area contributed by atoms with Crippen LogP contribution in [0.25, 0.3) is 10.9 Å². The van der Waals surface area contributed by atoms with Crippen LogP contribution in [0.4, 0.5) is 5.13 Å². The van der Waals surface area contributed by atoms with Gasteiger partial charge in [0.25, 0.3) is 5.56 Å². The maximum Gasteiger partial charge on any atom is 0.350 e. The fourth-order valence-corrected chi connectivity index (χ4v) is 4.54. The quantitative estimate of drug-likeness (QED) is 0.544. The van der Waals surface area contributed by atoms with Crippen LogP contribution >= 0.6 is 11.3 Å². The van der Waals surface area contributed by atoms with Gasteiger partial charge in [0.15, 0.2) is 5.13 Å². The number of pyridine rings is 1. The van der Waals surface area contributed by atoms with Crippen LogP contribution in [0.15, 0.2) is 23.0 Å². The second-order valence-corrected chi connectivity index (χ2v) is 9.60. The summed E-state index contributed by atoms with van der Waals surface area (Å²) < 4.78 is 6.80. The van der Waals surface area contributed by atoms with Gasteiger partial charge in [0.05, 0.1) is 17.8 Å². The van der Waals surface area contributed by atoms with E-state index >= 15 is 0 Å². The molecule has 0 aliphatic carbocycles. The highest BCUT2D eigenvalue weighted by atomic mass is 32.1. The third-order valence-electron chi connectivity index (χ3n) is 5.21. The lowest BCUT2D eigenvalue weighted by Gasteiger charge is -2.20. The minimum Gasteiger partial charge on any atom is -0.461 e. The molecule has 1 unspecified atom stereocenters. The minimum absolute atomic E-state index is 0.224. The molecule has 1 aromatic carbocycles. The molecule has 0 bridgehead atoms. The van der Waals surface area contributed by atoms with E-state index in [-0.39, 0.29) is 17.4 Å². The molecule has 0 spiro atoms. The Morgan fingerprint density at radius 1 is 1.09 bits per heavy atom. The van der Waals surface area contributed by atoms with Crippen molar-refractivity contribution in [3.8, 4) is 0 Å². The van der Waals surface area contributed by atoms with E-state index in [9.17, 15) is 14.4 Å². The Kier molecular flexibility index (Phi) is 6.83. The number of aryl methyl sites for hydroxylation is 4. The highest BCUT2D eigenvalue weighted by molar-refractivity contribution is 7.17. The molecule has 0 saturated heterocycles. The van der Waals surface area contributed by atoms with Crippen molar-refractivity contribution < 1.29 is 14.3 Å². The third kappa shape index (κ3) is 4.75. The van der Waals surface area contributed by atoms with Crippen molar-refractivity contribution in [1.82, 2.24) is 9.55 Å². The van der Waals surface area contributed by atoms with Gasteiger partial charge in [-0.3, -0.25) is 14.2 Å². The number of benzene rings is 1. The van der Waals surface area contributed by atoms with Crippen LogP contribution in [-0.2, 0) is 9.53 Å². The van der Waals surface area contributed by atoms with Crippen molar-refractivity contribution in [3.05, 3.63) is 55.8 Å². The van der Waals surface area contributed by atoms with Gasteiger partial charge in [-0.25, -0.2) is 9.78 Å². The SMILES string of the molecule is Cc1cc(C)c2c(c1)c(C)cc(=O)n2C(C)C(=O)Nc1nc(C)c(C(=O)OCC(C)C)s1. The molecule has 170 valence electrons. The normalized spacial score (nSPS) is 12.2. The van der Waals surface area contributed by atoms with Gasteiger partial charge in [0.2, 0.25) is 5.91 Å².